The fraction of sp³-hybridized carbons (Fsp3) is 0.889. The van der Waals surface area contributed by atoms with Gasteiger partial charge in [-0.25, -0.2) is 4.79 Å². The molecular formula is C9H20ClNO2S. The maximum atomic E-state index is 11.2. The number of hydrogen-bond donors (Lipinski definition) is 1. The van der Waals surface area contributed by atoms with Crippen molar-refractivity contribution < 1.29 is 27.7 Å². The summed E-state index contributed by atoms with van der Waals surface area (Å²) in [4.78, 5) is 11.2. The van der Waals surface area contributed by atoms with E-state index in [0.717, 1.165) is 25.0 Å². The van der Waals surface area contributed by atoms with Gasteiger partial charge in [0.1, 0.15) is 0 Å². The summed E-state index contributed by atoms with van der Waals surface area (Å²) < 4.78 is 5.03. The number of halogens is 1. The average molecular weight is 242 g/mol. The molecule has 3 N–H and O–H groups in total. The molecule has 0 fully saturated rings. The Kier molecular flexibility index (Phi) is 13.1. The standard InChI is InChI=1S/C9H19NO2S.ClH/c1-3-4-6-12-9(11)8(10)5-7-13-2;/h8H,3-7,10H2,1-2H3;1H. The highest BCUT2D eigenvalue weighted by Crippen LogP contribution is 1.99. The molecule has 1 unspecified atom stereocenters. The molecule has 0 spiro atoms. The Balaban J connectivity index is 0. The molecule has 0 bridgehead atoms. The molecule has 86 valence electrons. The quantitative estimate of drug-likeness (QED) is 0.403. The molecule has 14 heavy (non-hydrogen) atoms. The highest BCUT2D eigenvalue weighted by molar-refractivity contribution is 7.98. The largest absolute Gasteiger partial charge is 1.00 e. The lowest BCUT2D eigenvalue weighted by molar-refractivity contribution is -0.408. The van der Waals surface area contributed by atoms with E-state index in [9.17, 15) is 4.79 Å². The maximum Gasteiger partial charge on any atom is 0.364 e. The number of quaternary nitrogens is 1. The summed E-state index contributed by atoms with van der Waals surface area (Å²) in [7, 11) is 0. The summed E-state index contributed by atoms with van der Waals surface area (Å²) in [6, 6.07) is -0.190. The van der Waals surface area contributed by atoms with Crippen LogP contribution in [0.25, 0.3) is 0 Å². The van der Waals surface area contributed by atoms with Gasteiger partial charge < -0.3 is 22.9 Å². The van der Waals surface area contributed by atoms with Crippen LogP contribution in [-0.2, 0) is 9.53 Å². The van der Waals surface area contributed by atoms with E-state index in [2.05, 4.69) is 12.7 Å². The zero-order valence-electron chi connectivity index (χ0n) is 8.92. The summed E-state index contributed by atoms with van der Waals surface area (Å²) in [5.41, 5.74) is 3.77. The van der Waals surface area contributed by atoms with Gasteiger partial charge in [0.2, 0.25) is 0 Å². The van der Waals surface area contributed by atoms with Crippen molar-refractivity contribution in [3.63, 3.8) is 0 Å². The predicted molar refractivity (Wildman–Crippen MR) is 55.5 cm³/mol. The first kappa shape index (κ1) is 16.5. The third-order valence-electron chi connectivity index (χ3n) is 1.75. The number of thioether (sulfide) groups is 1. The highest BCUT2D eigenvalue weighted by Gasteiger charge is 2.17. The molecule has 0 aliphatic heterocycles. The monoisotopic (exact) mass is 241 g/mol. The van der Waals surface area contributed by atoms with Crippen LogP contribution in [0.15, 0.2) is 0 Å². The first-order valence-corrected chi connectivity index (χ1v) is 6.10. The van der Waals surface area contributed by atoms with Gasteiger partial charge in [-0.1, -0.05) is 13.3 Å². The number of ether oxygens (including phenoxy) is 1. The summed E-state index contributed by atoms with van der Waals surface area (Å²) in [6.45, 7) is 2.61. The van der Waals surface area contributed by atoms with Crippen molar-refractivity contribution in [1.29, 1.82) is 0 Å². The number of hydrogen-bond acceptors (Lipinski definition) is 3. The van der Waals surface area contributed by atoms with Crippen LogP contribution in [0.3, 0.4) is 0 Å². The van der Waals surface area contributed by atoms with Crippen LogP contribution in [0.2, 0.25) is 0 Å². The number of unbranched alkanes of at least 4 members (excludes halogenated alkanes) is 1. The second-order valence-electron chi connectivity index (χ2n) is 3.00. The fourth-order valence-electron chi connectivity index (χ4n) is 0.813. The number of esters is 1. The molecule has 0 aromatic rings. The second kappa shape index (κ2) is 11.1. The fourth-order valence-corrected chi connectivity index (χ4v) is 1.33. The highest BCUT2D eigenvalue weighted by atomic mass is 35.5. The predicted octanol–water partition coefficient (Wildman–Crippen LogP) is -2.30. The first-order chi connectivity index (χ1) is 6.22. The van der Waals surface area contributed by atoms with E-state index in [1.54, 1.807) is 11.8 Å². The summed E-state index contributed by atoms with van der Waals surface area (Å²) in [5, 5.41) is 0. The van der Waals surface area contributed by atoms with E-state index in [4.69, 9.17) is 4.74 Å². The third-order valence-corrected chi connectivity index (χ3v) is 2.39. The number of carbonyl (C=O) groups excluding carboxylic acids is 1. The van der Waals surface area contributed by atoms with Gasteiger partial charge in [0, 0.05) is 6.42 Å². The minimum absolute atomic E-state index is 0. The minimum Gasteiger partial charge on any atom is -1.00 e. The number of carbonyl (C=O) groups is 1. The Morgan fingerprint density at radius 2 is 2.21 bits per heavy atom. The lowest BCUT2D eigenvalue weighted by Crippen LogP contribution is -3.00. The van der Waals surface area contributed by atoms with E-state index in [1.165, 1.54) is 0 Å². The third kappa shape index (κ3) is 8.66. The molecule has 5 heteroatoms. The van der Waals surface area contributed by atoms with Crippen LogP contribution >= 0.6 is 11.8 Å². The van der Waals surface area contributed by atoms with Crippen LogP contribution in [0, 0.1) is 0 Å². The Bertz CT molecular complexity index is 147. The Hall–Kier alpha value is 0.0700. The average Bonchev–Trinajstić information content (AvgIpc) is 2.14. The molecule has 0 heterocycles. The van der Waals surface area contributed by atoms with Gasteiger partial charge in [-0.15, -0.1) is 0 Å². The van der Waals surface area contributed by atoms with Crippen molar-refractivity contribution >= 4 is 17.7 Å². The first-order valence-electron chi connectivity index (χ1n) is 4.71. The molecule has 0 amide bonds. The Labute approximate surface area is 96.5 Å². The smallest absolute Gasteiger partial charge is 0.364 e. The van der Waals surface area contributed by atoms with Crippen molar-refractivity contribution in [2.45, 2.75) is 32.2 Å². The Morgan fingerprint density at radius 3 is 2.71 bits per heavy atom. The van der Waals surface area contributed by atoms with Crippen LogP contribution in [0.4, 0.5) is 0 Å². The number of rotatable bonds is 7. The molecule has 0 aliphatic carbocycles. The zero-order valence-corrected chi connectivity index (χ0v) is 10.5. The van der Waals surface area contributed by atoms with Crippen molar-refractivity contribution in [3.05, 3.63) is 0 Å². The molecule has 0 aliphatic rings. The van der Waals surface area contributed by atoms with Gasteiger partial charge in [0.15, 0.2) is 6.04 Å². The van der Waals surface area contributed by atoms with E-state index in [-0.39, 0.29) is 24.4 Å². The molecule has 0 saturated heterocycles. The molecule has 0 radical (unpaired) electrons. The molecular weight excluding hydrogens is 222 g/mol. The van der Waals surface area contributed by atoms with Gasteiger partial charge in [-0.3, -0.25) is 0 Å². The molecule has 0 aromatic heterocycles. The summed E-state index contributed by atoms with van der Waals surface area (Å²) >= 11 is 1.73. The van der Waals surface area contributed by atoms with E-state index in [1.807, 2.05) is 6.26 Å². The SMILES string of the molecule is CCCCOC(=O)C([NH3+])CCSC.[Cl-]. The normalized spacial score (nSPS) is 11.6. The molecule has 1 atom stereocenters. The van der Waals surface area contributed by atoms with Crippen LogP contribution < -0.4 is 18.1 Å². The van der Waals surface area contributed by atoms with E-state index in [0.29, 0.717) is 6.61 Å². The van der Waals surface area contributed by atoms with Crippen LogP contribution in [0.5, 0.6) is 0 Å². The lowest BCUT2D eigenvalue weighted by atomic mass is 10.2. The van der Waals surface area contributed by atoms with Crippen LogP contribution in [0.1, 0.15) is 26.2 Å². The topological polar surface area (TPSA) is 53.9 Å². The van der Waals surface area contributed by atoms with Gasteiger partial charge in [-0.2, -0.15) is 11.8 Å². The summed E-state index contributed by atoms with van der Waals surface area (Å²) in [5.74, 6) is 0.819. The maximum absolute atomic E-state index is 11.2. The minimum atomic E-state index is -0.190. The zero-order chi connectivity index (χ0) is 10.1. The van der Waals surface area contributed by atoms with E-state index >= 15 is 0 Å². The van der Waals surface area contributed by atoms with Crippen molar-refractivity contribution in [1.82, 2.24) is 0 Å². The van der Waals surface area contributed by atoms with Crippen molar-refractivity contribution in [3.8, 4) is 0 Å². The van der Waals surface area contributed by atoms with Crippen molar-refractivity contribution in [2.75, 3.05) is 18.6 Å². The Morgan fingerprint density at radius 1 is 1.57 bits per heavy atom. The van der Waals surface area contributed by atoms with Gasteiger partial charge in [-0.05, 0) is 18.4 Å². The summed E-state index contributed by atoms with van der Waals surface area (Å²) in [6.07, 6.45) is 4.84. The molecule has 0 aromatic carbocycles. The van der Waals surface area contributed by atoms with Gasteiger partial charge >= 0.3 is 5.97 Å². The molecule has 0 rings (SSSR count). The van der Waals surface area contributed by atoms with Crippen LogP contribution in [-0.4, -0.2) is 30.6 Å². The molecule has 3 nitrogen and oxygen atoms in total. The second-order valence-corrected chi connectivity index (χ2v) is 3.99. The molecule has 0 saturated carbocycles. The van der Waals surface area contributed by atoms with Gasteiger partial charge in [0.25, 0.3) is 0 Å². The van der Waals surface area contributed by atoms with Crippen molar-refractivity contribution in [2.24, 2.45) is 0 Å². The van der Waals surface area contributed by atoms with Gasteiger partial charge in [0.05, 0.1) is 6.61 Å². The lowest BCUT2D eigenvalue weighted by Gasteiger charge is -2.07. The van der Waals surface area contributed by atoms with E-state index < -0.39 is 0 Å².